The summed E-state index contributed by atoms with van der Waals surface area (Å²) in [4.78, 5) is 31.4. The fraction of sp³-hybridized carbons (Fsp3) is 0.333. The van der Waals surface area contributed by atoms with Crippen molar-refractivity contribution in [3.63, 3.8) is 0 Å². The first-order chi connectivity index (χ1) is 15.9. The zero-order valence-corrected chi connectivity index (χ0v) is 20.1. The standard InChI is InChI=1S/C21H23F4N7O2.ClH/c1-11-16-17(26-7-8-31(2)3)13(10-27-18(16)32(4)30-11)19(33)29-20(34)28-12-5-6-15(22)14(9-12)21(23,24)25;/h5-6,9-10H,7-8H2,1-4H3,(H,26,27)(H2,28,29,33,34);1H. The molecule has 0 fully saturated rings. The molecule has 3 amide bonds. The van der Waals surface area contributed by atoms with E-state index in [-0.39, 0.29) is 23.7 Å². The van der Waals surface area contributed by atoms with E-state index in [9.17, 15) is 27.2 Å². The van der Waals surface area contributed by atoms with Gasteiger partial charge in [0, 0.05) is 32.0 Å². The van der Waals surface area contributed by atoms with Gasteiger partial charge in [0.2, 0.25) is 0 Å². The second-order valence-electron chi connectivity index (χ2n) is 7.79. The van der Waals surface area contributed by atoms with E-state index >= 15 is 0 Å². The van der Waals surface area contributed by atoms with Crippen LogP contribution in [0.5, 0.6) is 0 Å². The number of anilines is 2. The second kappa shape index (κ2) is 10.9. The number of halogens is 5. The molecule has 0 radical (unpaired) electrons. The minimum absolute atomic E-state index is 0. The molecule has 0 unspecified atom stereocenters. The van der Waals surface area contributed by atoms with Crippen molar-refractivity contribution in [1.29, 1.82) is 0 Å². The van der Waals surface area contributed by atoms with Gasteiger partial charge < -0.3 is 15.5 Å². The molecule has 2 heterocycles. The lowest BCUT2D eigenvalue weighted by molar-refractivity contribution is -0.139. The number of imide groups is 1. The maximum absolute atomic E-state index is 13.5. The molecule has 14 heteroatoms. The number of pyridine rings is 1. The number of likely N-dealkylation sites (N-methyl/N-ethyl adjacent to an activating group) is 1. The number of urea groups is 1. The molecular formula is C21H24ClF4N7O2. The lowest BCUT2D eigenvalue weighted by Crippen LogP contribution is -2.35. The molecule has 2 aromatic heterocycles. The summed E-state index contributed by atoms with van der Waals surface area (Å²) in [6, 6.07) is 0.887. The van der Waals surface area contributed by atoms with Crippen molar-refractivity contribution in [2.24, 2.45) is 7.05 Å². The third-order valence-electron chi connectivity index (χ3n) is 4.89. The summed E-state index contributed by atoms with van der Waals surface area (Å²) in [6.07, 6.45) is -3.66. The molecule has 35 heavy (non-hydrogen) atoms. The molecule has 0 aliphatic carbocycles. The van der Waals surface area contributed by atoms with Gasteiger partial charge in [0.1, 0.15) is 5.82 Å². The van der Waals surface area contributed by atoms with Gasteiger partial charge in [-0.15, -0.1) is 12.4 Å². The Bertz CT molecular complexity index is 1240. The smallest absolute Gasteiger partial charge is 0.382 e. The Hall–Kier alpha value is -3.45. The Morgan fingerprint density at radius 1 is 1.20 bits per heavy atom. The Kier molecular flexibility index (Phi) is 8.63. The molecule has 9 nitrogen and oxygen atoms in total. The molecule has 3 rings (SSSR count). The van der Waals surface area contributed by atoms with Crippen LogP contribution in [0.4, 0.5) is 33.7 Å². The summed E-state index contributed by atoms with van der Waals surface area (Å²) >= 11 is 0. The summed E-state index contributed by atoms with van der Waals surface area (Å²) in [5, 5.41) is 12.3. The maximum atomic E-state index is 13.5. The van der Waals surface area contributed by atoms with Crippen LogP contribution in [0.1, 0.15) is 21.6 Å². The van der Waals surface area contributed by atoms with E-state index in [1.807, 2.05) is 19.0 Å². The highest BCUT2D eigenvalue weighted by Gasteiger charge is 2.34. The highest BCUT2D eigenvalue weighted by atomic mass is 35.5. The maximum Gasteiger partial charge on any atom is 0.419 e. The zero-order chi connectivity index (χ0) is 25.2. The average molecular weight is 518 g/mol. The number of hydrogen-bond donors (Lipinski definition) is 3. The third kappa shape index (κ3) is 6.36. The SMILES string of the molecule is Cc1nn(C)c2ncc(C(=O)NC(=O)Nc3ccc(F)c(C(F)(F)F)c3)c(NCCN(C)C)c12.Cl. The molecule has 0 saturated carbocycles. The number of aryl methyl sites for hydroxylation is 2. The van der Waals surface area contributed by atoms with Crippen molar-refractivity contribution in [2.75, 3.05) is 37.8 Å². The Labute approximate surface area is 204 Å². The molecule has 0 aliphatic heterocycles. The predicted molar refractivity (Wildman–Crippen MR) is 125 cm³/mol. The van der Waals surface area contributed by atoms with Crippen molar-refractivity contribution in [1.82, 2.24) is 25.0 Å². The normalized spacial score (nSPS) is 11.3. The van der Waals surface area contributed by atoms with Crippen molar-refractivity contribution < 1.29 is 27.2 Å². The number of aromatic nitrogens is 3. The van der Waals surface area contributed by atoms with Crippen LogP contribution in [0.15, 0.2) is 24.4 Å². The van der Waals surface area contributed by atoms with Crippen LogP contribution in [0.25, 0.3) is 11.0 Å². The number of amides is 3. The first-order valence-corrected chi connectivity index (χ1v) is 10.1. The van der Waals surface area contributed by atoms with Crippen LogP contribution >= 0.6 is 12.4 Å². The number of nitrogens with zero attached hydrogens (tertiary/aromatic N) is 4. The third-order valence-corrected chi connectivity index (χ3v) is 4.89. The minimum Gasteiger partial charge on any atom is -0.382 e. The van der Waals surface area contributed by atoms with Crippen molar-refractivity contribution >= 4 is 46.8 Å². The van der Waals surface area contributed by atoms with Crippen LogP contribution < -0.4 is 16.0 Å². The molecule has 0 spiro atoms. The molecule has 190 valence electrons. The van der Waals surface area contributed by atoms with Crippen LogP contribution in [0, 0.1) is 12.7 Å². The first kappa shape index (κ1) is 27.8. The van der Waals surface area contributed by atoms with Gasteiger partial charge in [0.05, 0.1) is 27.9 Å². The van der Waals surface area contributed by atoms with Gasteiger partial charge in [-0.2, -0.15) is 18.3 Å². The lowest BCUT2D eigenvalue weighted by atomic mass is 10.1. The van der Waals surface area contributed by atoms with Gasteiger partial charge in [-0.25, -0.2) is 14.2 Å². The van der Waals surface area contributed by atoms with Crippen LogP contribution in [0.3, 0.4) is 0 Å². The van der Waals surface area contributed by atoms with E-state index in [0.29, 0.717) is 47.6 Å². The lowest BCUT2D eigenvalue weighted by Gasteiger charge is -2.16. The number of carbonyl (C=O) groups is 2. The van der Waals surface area contributed by atoms with Gasteiger partial charge in [-0.05, 0) is 39.2 Å². The second-order valence-corrected chi connectivity index (χ2v) is 7.79. The van der Waals surface area contributed by atoms with E-state index in [0.717, 1.165) is 6.07 Å². The molecule has 3 N–H and O–H groups in total. The Morgan fingerprint density at radius 2 is 1.89 bits per heavy atom. The van der Waals surface area contributed by atoms with Crippen molar-refractivity contribution in [3.8, 4) is 0 Å². The minimum atomic E-state index is -4.94. The van der Waals surface area contributed by atoms with E-state index in [1.54, 1.807) is 18.7 Å². The molecule has 0 saturated heterocycles. The summed E-state index contributed by atoms with van der Waals surface area (Å²) < 4.78 is 53.8. The van der Waals surface area contributed by atoms with E-state index in [4.69, 9.17) is 0 Å². The van der Waals surface area contributed by atoms with Crippen LogP contribution in [0.2, 0.25) is 0 Å². The summed E-state index contributed by atoms with van der Waals surface area (Å²) in [5.41, 5.74) is -0.262. The summed E-state index contributed by atoms with van der Waals surface area (Å²) in [5.74, 6) is -2.31. The molecule has 3 aromatic rings. The van der Waals surface area contributed by atoms with Gasteiger partial charge in [-0.1, -0.05) is 0 Å². The number of alkyl halides is 3. The number of rotatable bonds is 6. The number of hydrogen-bond acceptors (Lipinski definition) is 6. The highest BCUT2D eigenvalue weighted by molar-refractivity contribution is 6.13. The first-order valence-electron chi connectivity index (χ1n) is 10.1. The molecular weight excluding hydrogens is 494 g/mol. The monoisotopic (exact) mass is 517 g/mol. The number of benzene rings is 1. The summed E-state index contributed by atoms with van der Waals surface area (Å²) in [6.45, 7) is 2.88. The van der Waals surface area contributed by atoms with Gasteiger partial charge in [-0.3, -0.25) is 14.8 Å². The largest absolute Gasteiger partial charge is 0.419 e. The quantitative estimate of drug-likeness (QED) is 0.430. The van der Waals surface area contributed by atoms with E-state index in [1.165, 1.54) is 6.20 Å². The van der Waals surface area contributed by atoms with E-state index in [2.05, 4.69) is 26.0 Å². The van der Waals surface area contributed by atoms with Crippen molar-refractivity contribution in [2.45, 2.75) is 13.1 Å². The predicted octanol–water partition coefficient (Wildman–Crippen LogP) is 3.79. The average Bonchev–Trinajstić information content (AvgIpc) is 3.02. The fourth-order valence-corrected chi connectivity index (χ4v) is 3.33. The van der Waals surface area contributed by atoms with Gasteiger partial charge >= 0.3 is 12.2 Å². The highest BCUT2D eigenvalue weighted by Crippen LogP contribution is 2.33. The number of carbonyl (C=O) groups excluding carboxylic acids is 2. The number of fused-ring (bicyclic) bond motifs is 1. The molecule has 0 bridgehead atoms. The van der Waals surface area contributed by atoms with Gasteiger partial charge in [0.25, 0.3) is 5.91 Å². The topological polar surface area (TPSA) is 104 Å². The van der Waals surface area contributed by atoms with E-state index < -0.39 is 29.5 Å². The summed E-state index contributed by atoms with van der Waals surface area (Å²) in [7, 11) is 5.48. The molecule has 0 aliphatic rings. The zero-order valence-electron chi connectivity index (χ0n) is 19.2. The fourth-order valence-electron chi connectivity index (χ4n) is 3.33. The Balaban J connectivity index is 0.00000432. The van der Waals surface area contributed by atoms with Gasteiger partial charge in [0.15, 0.2) is 5.65 Å². The Morgan fingerprint density at radius 3 is 2.51 bits per heavy atom. The van der Waals surface area contributed by atoms with Crippen LogP contribution in [-0.2, 0) is 13.2 Å². The number of nitrogens with one attached hydrogen (secondary N) is 3. The molecule has 0 atom stereocenters. The van der Waals surface area contributed by atoms with Crippen molar-refractivity contribution in [3.05, 3.63) is 47.0 Å². The molecule has 1 aromatic carbocycles. The van der Waals surface area contributed by atoms with Crippen LogP contribution in [-0.4, -0.2) is 58.8 Å².